The first-order chi connectivity index (χ1) is 14.6. The van der Waals surface area contributed by atoms with E-state index in [4.69, 9.17) is 4.74 Å². The van der Waals surface area contributed by atoms with Crippen molar-refractivity contribution >= 4 is 10.8 Å². The van der Waals surface area contributed by atoms with Gasteiger partial charge in [0.1, 0.15) is 12.4 Å². The molecular weight excluding hydrogens is 380 g/mol. The quantitative estimate of drug-likeness (QED) is 0.305. The monoisotopic (exact) mass is 397 g/mol. The van der Waals surface area contributed by atoms with Gasteiger partial charge in [0.25, 0.3) is 0 Å². The first kappa shape index (κ1) is 19.4. The first-order valence-corrected chi connectivity index (χ1v) is 9.33. The number of benzene rings is 3. The maximum absolute atomic E-state index is 13.5. The van der Waals surface area contributed by atoms with Gasteiger partial charge in [-0.05, 0) is 59.3 Å². The summed E-state index contributed by atoms with van der Waals surface area (Å²) in [5, 5.41) is 1.25. The molecule has 1 heterocycles. The number of rotatable bonds is 4. The molecule has 0 aliphatic carbocycles. The zero-order chi connectivity index (χ0) is 20.9. The van der Waals surface area contributed by atoms with Crippen LogP contribution in [0.1, 0.15) is 11.1 Å². The Morgan fingerprint density at radius 1 is 0.833 bits per heavy atom. The van der Waals surface area contributed by atoms with Crippen LogP contribution in [0.3, 0.4) is 0 Å². The summed E-state index contributed by atoms with van der Waals surface area (Å²) in [5.74, 6) is 5.14. The molecule has 30 heavy (non-hydrogen) atoms. The van der Waals surface area contributed by atoms with Gasteiger partial charge in [0.2, 0.25) is 0 Å². The van der Waals surface area contributed by atoms with Gasteiger partial charge < -0.3 is 4.74 Å². The molecule has 0 unspecified atom stereocenters. The molecule has 4 aromatic rings. The molecule has 4 rings (SSSR count). The van der Waals surface area contributed by atoms with Crippen LogP contribution in [-0.4, -0.2) is 11.6 Å². The van der Waals surface area contributed by atoms with Gasteiger partial charge in [-0.15, -0.1) is 0 Å². The van der Waals surface area contributed by atoms with Crippen molar-refractivity contribution in [3.05, 3.63) is 108 Å². The van der Waals surface area contributed by atoms with Gasteiger partial charge in [0.15, 0.2) is 11.6 Å². The molecule has 1 aromatic heterocycles. The Labute approximate surface area is 173 Å². The van der Waals surface area contributed by atoms with Crippen molar-refractivity contribution in [3.8, 4) is 28.8 Å². The zero-order valence-electron chi connectivity index (χ0n) is 16.0. The SMILES string of the molecule is C=CCOc1ccc(-c2ccc(C#Cc3ccc4cc(F)c(F)cc4c3)cc2)nc1. The van der Waals surface area contributed by atoms with E-state index in [9.17, 15) is 8.78 Å². The van der Waals surface area contributed by atoms with Crippen molar-refractivity contribution in [2.45, 2.75) is 0 Å². The predicted octanol–water partition coefficient (Wildman–Crippen LogP) is 6.14. The fourth-order valence-corrected chi connectivity index (χ4v) is 2.98. The fourth-order valence-electron chi connectivity index (χ4n) is 2.98. The highest BCUT2D eigenvalue weighted by atomic mass is 19.2. The summed E-state index contributed by atoms with van der Waals surface area (Å²) in [7, 11) is 0. The predicted molar refractivity (Wildman–Crippen MR) is 115 cm³/mol. The second-order valence-electron chi connectivity index (χ2n) is 6.63. The van der Waals surface area contributed by atoms with E-state index in [1.165, 1.54) is 12.1 Å². The summed E-state index contributed by atoms with van der Waals surface area (Å²) in [5.41, 5.74) is 3.38. The van der Waals surface area contributed by atoms with Crippen LogP contribution in [0.15, 0.2) is 85.6 Å². The van der Waals surface area contributed by atoms with Crippen molar-refractivity contribution in [2.24, 2.45) is 0 Å². The zero-order valence-corrected chi connectivity index (χ0v) is 16.0. The average molecular weight is 397 g/mol. The lowest BCUT2D eigenvalue weighted by Crippen LogP contribution is -1.93. The molecular formula is C26H17F2NO. The molecule has 0 saturated heterocycles. The van der Waals surface area contributed by atoms with Crippen molar-refractivity contribution in [1.82, 2.24) is 4.98 Å². The summed E-state index contributed by atoms with van der Waals surface area (Å²) < 4.78 is 32.2. The topological polar surface area (TPSA) is 22.1 Å². The number of fused-ring (bicyclic) bond motifs is 1. The fraction of sp³-hybridized carbons (Fsp3) is 0.0385. The standard InChI is InChI=1S/C26H17F2NO/c1-2-13-30-23-11-12-26(29-17-23)20-8-5-18(6-9-20)3-4-19-7-10-21-15-24(27)25(28)16-22(21)14-19/h2,5-12,14-17H,1,13H2. The van der Waals surface area contributed by atoms with Gasteiger partial charge in [-0.1, -0.05) is 42.7 Å². The maximum Gasteiger partial charge on any atom is 0.159 e. The highest BCUT2D eigenvalue weighted by Gasteiger charge is 2.04. The van der Waals surface area contributed by atoms with Crippen molar-refractivity contribution in [3.63, 3.8) is 0 Å². The summed E-state index contributed by atoms with van der Waals surface area (Å²) >= 11 is 0. The molecule has 0 aliphatic rings. The minimum Gasteiger partial charge on any atom is -0.488 e. The molecule has 0 radical (unpaired) electrons. The number of ether oxygens (including phenoxy) is 1. The van der Waals surface area contributed by atoms with E-state index in [1.807, 2.05) is 36.4 Å². The van der Waals surface area contributed by atoms with E-state index in [0.717, 1.165) is 22.4 Å². The molecule has 0 N–H and O–H groups in total. The van der Waals surface area contributed by atoms with E-state index in [-0.39, 0.29) is 0 Å². The minimum atomic E-state index is -0.864. The molecule has 0 atom stereocenters. The van der Waals surface area contributed by atoms with E-state index >= 15 is 0 Å². The van der Waals surface area contributed by atoms with Crippen LogP contribution in [-0.2, 0) is 0 Å². The molecule has 0 spiro atoms. The van der Waals surface area contributed by atoms with E-state index in [1.54, 1.807) is 30.5 Å². The highest BCUT2D eigenvalue weighted by molar-refractivity contribution is 5.84. The summed E-state index contributed by atoms with van der Waals surface area (Å²) in [6.45, 7) is 4.06. The Bertz CT molecular complexity index is 1270. The van der Waals surface area contributed by atoms with Crippen LogP contribution < -0.4 is 4.74 Å². The Kier molecular flexibility index (Phi) is 5.54. The van der Waals surface area contributed by atoms with Crippen molar-refractivity contribution < 1.29 is 13.5 Å². The lowest BCUT2D eigenvalue weighted by Gasteiger charge is -2.04. The smallest absolute Gasteiger partial charge is 0.159 e. The van der Waals surface area contributed by atoms with Crippen LogP contribution in [0, 0.1) is 23.5 Å². The third kappa shape index (κ3) is 4.37. The van der Waals surface area contributed by atoms with Crippen LogP contribution in [0.2, 0.25) is 0 Å². The highest BCUT2D eigenvalue weighted by Crippen LogP contribution is 2.21. The third-order valence-corrected chi connectivity index (χ3v) is 4.52. The van der Waals surface area contributed by atoms with Crippen molar-refractivity contribution in [2.75, 3.05) is 6.61 Å². The van der Waals surface area contributed by atoms with Gasteiger partial charge in [0.05, 0.1) is 11.9 Å². The molecule has 0 bridgehead atoms. The summed E-state index contributed by atoms with van der Waals surface area (Å²) in [4.78, 5) is 4.41. The Hall–Kier alpha value is -3.97. The Morgan fingerprint density at radius 3 is 2.23 bits per heavy atom. The van der Waals surface area contributed by atoms with Crippen LogP contribution >= 0.6 is 0 Å². The Balaban J connectivity index is 1.51. The Morgan fingerprint density at radius 2 is 1.53 bits per heavy atom. The molecule has 0 saturated carbocycles. The average Bonchev–Trinajstić information content (AvgIpc) is 2.78. The summed E-state index contributed by atoms with van der Waals surface area (Å²) in [6.07, 6.45) is 3.37. The summed E-state index contributed by atoms with van der Waals surface area (Å²) in [6, 6.07) is 19.2. The number of halogens is 2. The molecule has 0 amide bonds. The molecule has 0 aliphatic heterocycles. The second kappa shape index (κ2) is 8.59. The van der Waals surface area contributed by atoms with Crippen LogP contribution in [0.25, 0.3) is 22.0 Å². The molecule has 3 aromatic carbocycles. The first-order valence-electron chi connectivity index (χ1n) is 9.33. The van der Waals surface area contributed by atoms with E-state index in [2.05, 4.69) is 23.4 Å². The minimum absolute atomic E-state index is 0.442. The van der Waals surface area contributed by atoms with Gasteiger partial charge in [-0.3, -0.25) is 4.98 Å². The van der Waals surface area contributed by atoms with Gasteiger partial charge >= 0.3 is 0 Å². The van der Waals surface area contributed by atoms with Gasteiger partial charge in [0, 0.05) is 16.7 Å². The second-order valence-corrected chi connectivity index (χ2v) is 6.63. The largest absolute Gasteiger partial charge is 0.488 e. The number of pyridine rings is 1. The number of aromatic nitrogens is 1. The van der Waals surface area contributed by atoms with Crippen molar-refractivity contribution in [1.29, 1.82) is 0 Å². The lowest BCUT2D eigenvalue weighted by molar-refractivity contribution is 0.362. The van der Waals surface area contributed by atoms with E-state index in [0.29, 0.717) is 23.1 Å². The van der Waals surface area contributed by atoms with Gasteiger partial charge in [-0.2, -0.15) is 0 Å². The number of hydrogen-bond donors (Lipinski definition) is 0. The number of hydrogen-bond acceptors (Lipinski definition) is 2. The molecule has 0 fully saturated rings. The molecule has 2 nitrogen and oxygen atoms in total. The number of nitrogens with zero attached hydrogens (tertiary/aromatic N) is 1. The lowest BCUT2D eigenvalue weighted by atomic mass is 10.1. The normalized spacial score (nSPS) is 10.3. The molecule has 4 heteroatoms. The van der Waals surface area contributed by atoms with Gasteiger partial charge in [-0.25, -0.2) is 8.78 Å². The maximum atomic E-state index is 13.5. The van der Waals surface area contributed by atoms with Crippen LogP contribution in [0.4, 0.5) is 8.78 Å². The van der Waals surface area contributed by atoms with Crippen LogP contribution in [0.5, 0.6) is 5.75 Å². The van der Waals surface area contributed by atoms with E-state index < -0.39 is 11.6 Å². The third-order valence-electron chi connectivity index (χ3n) is 4.52. The molecule has 146 valence electrons.